The number of carbonyl (C=O) groups excluding carboxylic acids is 2. The number of hydrogen-bond acceptors (Lipinski definition) is 5. The van der Waals surface area contributed by atoms with E-state index in [-0.39, 0.29) is 11.8 Å². The zero-order valence-electron chi connectivity index (χ0n) is 15.7. The molecule has 2 N–H and O–H groups in total. The van der Waals surface area contributed by atoms with E-state index in [1.54, 1.807) is 20.8 Å². The molecule has 0 saturated carbocycles. The van der Waals surface area contributed by atoms with Crippen molar-refractivity contribution in [3.8, 4) is 11.3 Å². The van der Waals surface area contributed by atoms with Gasteiger partial charge in [0.05, 0.1) is 5.69 Å². The van der Waals surface area contributed by atoms with E-state index >= 15 is 0 Å². The molecule has 2 amide bonds. The summed E-state index contributed by atoms with van der Waals surface area (Å²) in [6, 6.07) is 9.02. The summed E-state index contributed by atoms with van der Waals surface area (Å²) in [4.78, 5) is 29.0. The predicted octanol–water partition coefficient (Wildman–Crippen LogP) is 4.30. The maximum atomic E-state index is 12.6. The fourth-order valence-electron chi connectivity index (χ4n) is 2.23. The highest BCUT2D eigenvalue weighted by Crippen LogP contribution is 2.25. The van der Waals surface area contributed by atoms with Gasteiger partial charge in [-0.1, -0.05) is 44.2 Å². The van der Waals surface area contributed by atoms with Crippen LogP contribution in [0.2, 0.25) is 0 Å². The lowest BCUT2D eigenvalue weighted by molar-refractivity contribution is -0.119. The summed E-state index contributed by atoms with van der Waals surface area (Å²) >= 11 is 1.34. The summed E-state index contributed by atoms with van der Waals surface area (Å²) in [5, 5.41) is 7.79. The van der Waals surface area contributed by atoms with Crippen LogP contribution in [0, 0.1) is 5.92 Å². The number of hydrogen-bond donors (Lipinski definition) is 2. The summed E-state index contributed by atoms with van der Waals surface area (Å²) in [6.45, 7) is 9.05. The van der Waals surface area contributed by atoms with Gasteiger partial charge in [-0.2, -0.15) is 0 Å². The van der Waals surface area contributed by atoms with Crippen LogP contribution in [0.3, 0.4) is 0 Å². The highest BCUT2D eigenvalue weighted by atomic mass is 32.1. The second-order valence-electron chi connectivity index (χ2n) is 7.26. The van der Waals surface area contributed by atoms with Crippen molar-refractivity contribution in [1.82, 2.24) is 10.3 Å². The molecule has 1 unspecified atom stereocenters. The van der Waals surface area contributed by atoms with E-state index in [0.717, 1.165) is 11.3 Å². The molecule has 0 bridgehead atoms. The lowest BCUT2D eigenvalue weighted by Crippen LogP contribution is -2.48. The maximum Gasteiger partial charge on any atom is 0.408 e. The second-order valence-corrected chi connectivity index (χ2v) is 8.12. The van der Waals surface area contributed by atoms with Crippen molar-refractivity contribution in [1.29, 1.82) is 0 Å². The minimum atomic E-state index is -0.714. The van der Waals surface area contributed by atoms with Crippen molar-refractivity contribution in [2.45, 2.75) is 46.3 Å². The van der Waals surface area contributed by atoms with Crippen LogP contribution in [-0.2, 0) is 9.53 Å². The van der Waals surface area contributed by atoms with Crippen molar-refractivity contribution in [2.24, 2.45) is 5.92 Å². The molecule has 1 heterocycles. The molecule has 0 fully saturated rings. The molecule has 2 rings (SSSR count). The van der Waals surface area contributed by atoms with E-state index in [1.165, 1.54) is 11.3 Å². The Morgan fingerprint density at radius 3 is 2.38 bits per heavy atom. The number of rotatable bonds is 5. The topological polar surface area (TPSA) is 80.3 Å². The number of carbonyl (C=O) groups is 2. The minimum Gasteiger partial charge on any atom is -0.444 e. The number of alkyl carbamates (subject to hydrolysis) is 1. The average Bonchev–Trinajstić information content (AvgIpc) is 3.00. The number of nitrogens with one attached hydrogen (secondary N) is 2. The van der Waals surface area contributed by atoms with Crippen molar-refractivity contribution in [3.05, 3.63) is 35.7 Å². The molecule has 0 aliphatic heterocycles. The van der Waals surface area contributed by atoms with E-state index < -0.39 is 17.7 Å². The van der Waals surface area contributed by atoms with E-state index in [2.05, 4.69) is 15.6 Å². The van der Waals surface area contributed by atoms with Crippen LogP contribution in [-0.4, -0.2) is 28.6 Å². The smallest absolute Gasteiger partial charge is 0.408 e. The molecule has 0 aliphatic carbocycles. The van der Waals surface area contributed by atoms with Gasteiger partial charge >= 0.3 is 6.09 Å². The molecule has 1 aromatic heterocycles. The van der Waals surface area contributed by atoms with Crippen LogP contribution in [0.5, 0.6) is 0 Å². The van der Waals surface area contributed by atoms with E-state index in [9.17, 15) is 9.59 Å². The van der Waals surface area contributed by atoms with Gasteiger partial charge in [0.1, 0.15) is 11.6 Å². The number of benzene rings is 1. The van der Waals surface area contributed by atoms with Gasteiger partial charge in [0.15, 0.2) is 5.13 Å². The first-order chi connectivity index (χ1) is 12.2. The summed E-state index contributed by atoms with van der Waals surface area (Å²) in [6.07, 6.45) is -0.615. The molecule has 0 spiro atoms. The van der Waals surface area contributed by atoms with Gasteiger partial charge in [0.2, 0.25) is 5.91 Å². The summed E-state index contributed by atoms with van der Waals surface area (Å²) < 4.78 is 5.24. The molecular weight excluding hydrogens is 350 g/mol. The van der Waals surface area contributed by atoms with Gasteiger partial charge in [-0.3, -0.25) is 4.79 Å². The van der Waals surface area contributed by atoms with Gasteiger partial charge in [-0.25, -0.2) is 9.78 Å². The van der Waals surface area contributed by atoms with Crippen molar-refractivity contribution >= 4 is 28.5 Å². The number of thiazole rings is 1. The normalized spacial score (nSPS) is 12.5. The summed E-state index contributed by atoms with van der Waals surface area (Å²) in [5.41, 5.74) is 1.16. The van der Waals surface area contributed by atoms with Gasteiger partial charge in [0, 0.05) is 10.9 Å². The summed E-state index contributed by atoms with van der Waals surface area (Å²) in [5.74, 6) is -0.420. The average molecular weight is 375 g/mol. The molecule has 0 saturated heterocycles. The Hall–Kier alpha value is -2.41. The first kappa shape index (κ1) is 19.9. The fraction of sp³-hybridized carbons (Fsp3) is 0.421. The lowest BCUT2D eigenvalue weighted by atomic mass is 10.0. The lowest BCUT2D eigenvalue weighted by Gasteiger charge is -2.24. The molecule has 6 nitrogen and oxygen atoms in total. The van der Waals surface area contributed by atoms with Crippen LogP contribution in [0.15, 0.2) is 35.7 Å². The van der Waals surface area contributed by atoms with Gasteiger partial charge in [0.25, 0.3) is 0 Å². The number of nitrogens with zero attached hydrogens (tertiary/aromatic N) is 1. The monoisotopic (exact) mass is 375 g/mol. The quantitative estimate of drug-likeness (QED) is 0.816. The van der Waals surface area contributed by atoms with Crippen LogP contribution in [0.25, 0.3) is 11.3 Å². The molecule has 140 valence electrons. The standard InChI is InChI=1S/C19H25N3O3S/c1-12(2)15(21-18(24)25-19(3,4)5)16(23)22-17-20-14(11-26-17)13-9-7-6-8-10-13/h6-12,15H,1-5H3,(H,21,24)(H,20,22,23). The van der Waals surface area contributed by atoms with E-state index in [0.29, 0.717) is 5.13 Å². The fourth-order valence-corrected chi connectivity index (χ4v) is 2.95. The number of aromatic nitrogens is 1. The second kappa shape index (κ2) is 8.31. The van der Waals surface area contributed by atoms with Crippen LogP contribution >= 0.6 is 11.3 Å². The molecule has 1 atom stereocenters. The molecule has 0 radical (unpaired) electrons. The van der Waals surface area contributed by atoms with E-state index in [1.807, 2.05) is 49.6 Å². The Bertz CT molecular complexity index is 751. The van der Waals surface area contributed by atoms with Crippen molar-refractivity contribution in [3.63, 3.8) is 0 Å². The molecule has 26 heavy (non-hydrogen) atoms. The predicted molar refractivity (Wildman–Crippen MR) is 104 cm³/mol. The third-order valence-corrected chi connectivity index (χ3v) is 4.18. The molecule has 1 aromatic carbocycles. The zero-order valence-corrected chi connectivity index (χ0v) is 16.5. The zero-order chi connectivity index (χ0) is 19.3. The van der Waals surface area contributed by atoms with Gasteiger partial charge in [-0.05, 0) is 26.7 Å². The van der Waals surface area contributed by atoms with Crippen LogP contribution in [0.1, 0.15) is 34.6 Å². The SMILES string of the molecule is CC(C)C(NC(=O)OC(C)(C)C)C(=O)Nc1nc(-c2ccccc2)cs1. The molecule has 0 aliphatic rings. The Morgan fingerprint density at radius 2 is 1.81 bits per heavy atom. The Morgan fingerprint density at radius 1 is 1.15 bits per heavy atom. The number of ether oxygens (including phenoxy) is 1. The van der Waals surface area contributed by atoms with Crippen LogP contribution in [0.4, 0.5) is 9.93 Å². The first-order valence-corrected chi connectivity index (χ1v) is 9.35. The Balaban J connectivity index is 2.04. The molecular formula is C19H25N3O3S. The summed E-state index contributed by atoms with van der Waals surface area (Å²) in [7, 11) is 0. The van der Waals surface area contributed by atoms with Gasteiger partial charge in [-0.15, -0.1) is 11.3 Å². The van der Waals surface area contributed by atoms with Gasteiger partial charge < -0.3 is 15.4 Å². The Kier molecular flexibility index (Phi) is 6.37. The largest absolute Gasteiger partial charge is 0.444 e. The molecule has 2 aromatic rings. The third kappa shape index (κ3) is 5.84. The minimum absolute atomic E-state index is 0.101. The maximum absolute atomic E-state index is 12.6. The highest BCUT2D eigenvalue weighted by molar-refractivity contribution is 7.14. The van der Waals surface area contributed by atoms with E-state index in [4.69, 9.17) is 4.74 Å². The van der Waals surface area contributed by atoms with Crippen molar-refractivity contribution < 1.29 is 14.3 Å². The third-order valence-electron chi connectivity index (χ3n) is 3.43. The van der Waals surface area contributed by atoms with Crippen LogP contribution < -0.4 is 10.6 Å². The first-order valence-electron chi connectivity index (χ1n) is 8.47. The Labute approximate surface area is 158 Å². The van der Waals surface area contributed by atoms with Crippen molar-refractivity contribution in [2.75, 3.05) is 5.32 Å². The highest BCUT2D eigenvalue weighted by Gasteiger charge is 2.27. The number of anilines is 1. The number of amides is 2. The molecule has 7 heteroatoms.